The maximum atomic E-state index is 11.8. The molecule has 2 aromatic carbocycles. The number of carbonyl (C=O) groups excluding carboxylic acids is 2. The van der Waals surface area contributed by atoms with Gasteiger partial charge in [-0.25, -0.2) is 0 Å². The Morgan fingerprint density at radius 1 is 0.833 bits per heavy atom. The summed E-state index contributed by atoms with van der Waals surface area (Å²) >= 11 is 0. The standard InChI is InChI=1S/C16H14O2.H2/c17-15(11-13-7-3-1-4-8-13)12-16(18)14-9-5-2-6-10-14;/h1-10H,11-12H2;1H. The van der Waals surface area contributed by atoms with Crippen molar-refractivity contribution in [2.24, 2.45) is 0 Å². The summed E-state index contributed by atoms with van der Waals surface area (Å²) in [5, 5.41) is 0. The van der Waals surface area contributed by atoms with Gasteiger partial charge >= 0.3 is 0 Å². The van der Waals surface area contributed by atoms with Crippen molar-refractivity contribution >= 4 is 11.6 Å². The third-order valence-corrected chi connectivity index (χ3v) is 2.70. The van der Waals surface area contributed by atoms with E-state index in [1.807, 2.05) is 36.4 Å². The Hall–Kier alpha value is -2.22. The van der Waals surface area contributed by atoms with Crippen LogP contribution in [0.5, 0.6) is 0 Å². The fourth-order valence-corrected chi connectivity index (χ4v) is 1.79. The van der Waals surface area contributed by atoms with Crippen LogP contribution in [0.15, 0.2) is 60.7 Å². The number of Topliss-reactive ketones (excluding diaryl/α,β-unsaturated/α-hetero) is 2. The van der Waals surface area contributed by atoms with E-state index in [0.29, 0.717) is 12.0 Å². The van der Waals surface area contributed by atoms with Gasteiger partial charge in [0.1, 0.15) is 5.78 Å². The largest absolute Gasteiger partial charge is 0.299 e. The van der Waals surface area contributed by atoms with Crippen LogP contribution in [0.1, 0.15) is 23.8 Å². The van der Waals surface area contributed by atoms with Crippen LogP contribution < -0.4 is 0 Å². The predicted octanol–water partition coefficient (Wildman–Crippen LogP) is 3.32. The first-order valence-corrected chi connectivity index (χ1v) is 5.89. The highest BCUT2D eigenvalue weighted by atomic mass is 16.1. The molecule has 0 atom stereocenters. The van der Waals surface area contributed by atoms with Crippen molar-refractivity contribution in [1.29, 1.82) is 0 Å². The van der Waals surface area contributed by atoms with E-state index in [4.69, 9.17) is 0 Å². The Labute approximate surface area is 108 Å². The van der Waals surface area contributed by atoms with Crippen molar-refractivity contribution in [3.05, 3.63) is 71.8 Å². The molecule has 0 bridgehead atoms. The molecule has 0 aliphatic rings. The molecule has 2 nitrogen and oxygen atoms in total. The van der Waals surface area contributed by atoms with Crippen LogP contribution in [0.2, 0.25) is 0 Å². The highest BCUT2D eigenvalue weighted by Gasteiger charge is 2.11. The minimum atomic E-state index is -0.114. The molecule has 18 heavy (non-hydrogen) atoms. The van der Waals surface area contributed by atoms with Gasteiger partial charge in [0, 0.05) is 13.4 Å². The molecule has 0 amide bonds. The molecule has 0 saturated carbocycles. The van der Waals surface area contributed by atoms with Crippen molar-refractivity contribution in [2.75, 3.05) is 0 Å². The molecule has 0 aliphatic carbocycles. The number of hydrogen-bond acceptors (Lipinski definition) is 2. The zero-order valence-electron chi connectivity index (χ0n) is 10.0. The van der Waals surface area contributed by atoms with Gasteiger partial charge in [-0.2, -0.15) is 0 Å². The second-order valence-electron chi connectivity index (χ2n) is 4.17. The zero-order chi connectivity index (χ0) is 12.8. The van der Waals surface area contributed by atoms with Crippen LogP contribution in [-0.4, -0.2) is 11.6 Å². The van der Waals surface area contributed by atoms with Gasteiger partial charge in [0.05, 0.1) is 6.42 Å². The Balaban J connectivity index is 0.00000180. The van der Waals surface area contributed by atoms with Gasteiger partial charge in [-0.15, -0.1) is 0 Å². The number of rotatable bonds is 5. The number of hydrogen-bond donors (Lipinski definition) is 0. The summed E-state index contributed by atoms with van der Waals surface area (Å²) in [5.41, 5.74) is 1.54. The normalized spacial score (nSPS) is 10.0. The van der Waals surface area contributed by atoms with Crippen molar-refractivity contribution < 1.29 is 11.0 Å². The smallest absolute Gasteiger partial charge is 0.170 e. The van der Waals surface area contributed by atoms with Gasteiger partial charge in [0.2, 0.25) is 0 Å². The monoisotopic (exact) mass is 240 g/mol. The Morgan fingerprint density at radius 2 is 1.39 bits per heavy atom. The molecule has 2 heteroatoms. The molecule has 0 heterocycles. The molecular formula is C16H16O2. The fourth-order valence-electron chi connectivity index (χ4n) is 1.79. The minimum absolute atomic E-state index is 0. The van der Waals surface area contributed by atoms with Crippen molar-refractivity contribution in [1.82, 2.24) is 0 Å². The third kappa shape index (κ3) is 3.39. The van der Waals surface area contributed by atoms with Crippen LogP contribution in [0, 0.1) is 0 Å². The molecule has 0 fully saturated rings. The van der Waals surface area contributed by atoms with Gasteiger partial charge in [-0.1, -0.05) is 60.7 Å². The summed E-state index contributed by atoms with van der Waals surface area (Å²) in [5.74, 6) is -0.161. The minimum Gasteiger partial charge on any atom is -0.299 e. The van der Waals surface area contributed by atoms with E-state index in [9.17, 15) is 9.59 Å². The summed E-state index contributed by atoms with van der Waals surface area (Å²) in [4.78, 5) is 23.6. The van der Waals surface area contributed by atoms with Crippen LogP contribution in [-0.2, 0) is 11.2 Å². The molecule has 2 aromatic rings. The van der Waals surface area contributed by atoms with E-state index in [2.05, 4.69) is 0 Å². The lowest BCUT2D eigenvalue weighted by molar-refractivity contribution is -0.117. The number of carbonyl (C=O) groups is 2. The van der Waals surface area contributed by atoms with E-state index >= 15 is 0 Å². The first kappa shape index (κ1) is 12.2. The summed E-state index contributed by atoms with van der Waals surface area (Å²) in [6, 6.07) is 18.4. The molecule has 0 spiro atoms. The molecule has 0 aliphatic heterocycles. The molecule has 0 unspecified atom stereocenters. The van der Waals surface area contributed by atoms with Gasteiger partial charge in [0.15, 0.2) is 5.78 Å². The average molecular weight is 240 g/mol. The molecule has 0 saturated heterocycles. The maximum Gasteiger partial charge on any atom is 0.170 e. The predicted molar refractivity (Wildman–Crippen MR) is 72.7 cm³/mol. The Kier molecular flexibility index (Phi) is 4.02. The zero-order valence-corrected chi connectivity index (χ0v) is 10.0. The molecule has 2 rings (SSSR count). The van der Waals surface area contributed by atoms with E-state index in [1.54, 1.807) is 24.3 Å². The van der Waals surface area contributed by atoms with Gasteiger partial charge in [-0.05, 0) is 5.56 Å². The van der Waals surface area contributed by atoms with Crippen molar-refractivity contribution in [2.45, 2.75) is 12.8 Å². The van der Waals surface area contributed by atoms with E-state index in [0.717, 1.165) is 5.56 Å². The first-order chi connectivity index (χ1) is 8.75. The van der Waals surface area contributed by atoms with E-state index in [-0.39, 0.29) is 19.4 Å². The lowest BCUT2D eigenvalue weighted by atomic mass is 10.0. The molecule has 92 valence electrons. The summed E-state index contributed by atoms with van der Waals surface area (Å²) in [7, 11) is 0. The molecule has 0 N–H and O–H groups in total. The van der Waals surface area contributed by atoms with E-state index in [1.165, 1.54) is 0 Å². The number of ketones is 2. The van der Waals surface area contributed by atoms with Crippen LogP contribution >= 0.6 is 0 Å². The maximum absolute atomic E-state index is 11.8. The average Bonchev–Trinajstić information content (AvgIpc) is 2.40. The highest BCUT2D eigenvalue weighted by Crippen LogP contribution is 2.07. The Morgan fingerprint density at radius 3 is 2.00 bits per heavy atom. The lowest BCUT2D eigenvalue weighted by Crippen LogP contribution is -2.10. The van der Waals surface area contributed by atoms with Gasteiger partial charge < -0.3 is 0 Å². The molecular weight excluding hydrogens is 224 g/mol. The second kappa shape index (κ2) is 5.92. The first-order valence-electron chi connectivity index (χ1n) is 5.89. The van der Waals surface area contributed by atoms with E-state index < -0.39 is 0 Å². The topological polar surface area (TPSA) is 34.1 Å². The molecule has 0 radical (unpaired) electrons. The van der Waals surface area contributed by atoms with Crippen LogP contribution in [0.25, 0.3) is 0 Å². The summed E-state index contributed by atoms with van der Waals surface area (Å²) < 4.78 is 0. The third-order valence-electron chi connectivity index (χ3n) is 2.70. The molecule has 0 aromatic heterocycles. The van der Waals surface area contributed by atoms with Crippen molar-refractivity contribution in [3.8, 4) is 0 Å². The van der Waals surface area contributed by atoms with Gasteiger partial charge in [0.25, 0.3) is 0 Å². The van der Waals surface area contributed by atoms with Crippen LogP contribution in [0.3, 0.4) is 0 Å². The summed E-state index contributed by atoms with van der Waals surface area (Å²) in [6.07, 6.45) is 0.290. The highest BCUT2D eigenvalue weighted by molar-refractivity contribution is 6.08. The Bertz CT molecular complexity index is 535. The van der Waals surface area contributed by atoms with Crippen molar-refractivity contribution in [3.63, 3.8) is 0 Å². The second-order valence-corrected chi connectivity index (χ2v) is 4.17. The number of benzene rings is 2. The van der Waals surface area contributed by atoms with Gasteiger partial charge in [-0.3, -0.25) is 9.59 Å². The SMILES string of the molecule is O=C(CC(=O)c1ccccc1)Cc1ccccc1.[HH]. The lowest BCUT2D eigenvalue weighted by Gasteiger charge is -2.01. The van der Waals surface area contributed by atoms with Crippen LogP contribution in [0.4, 0.5) is 0 Å². The quantitative estimate of drug-likeness (QED) is 0.593. The fraction of sp³-hybridized carbons (Fsp3) is 0.125. The summed E-state index contributed by atoms with van der Waals surface area (Å²) in [6.45, 7) is 0.